The molecule has 43 heavy (non-hydrogen) atoms. The summed E-state index contributed by atoms with van der Waals surface area (Å²) in [5, 5.41) is 2.25. The molecule has 4 aromatic heterocycles. The largest absolute Gasteiger partial charge is 0.501 e. The monoisotopic (exact) mass is 768 g/mol. The molecule has 0 amide bonds. The molecule has 3 aromatic carbocycles. The third-order valence-electron chi connectivity index (χ3n) is 7.17. The fourth-order valence-corrected chi connectivity index (χ4v) is 5.86. The Morgan fingerprint density at radius 2 is 1.74 bits per heavy atom. The van der Waals surface area contributed by atoms with Crippen LogP contribution in [0.3, 0.4) is 0 Å². The van der Waals surface area contributed by atoms with Crippen LogP contribution in [0.15, 0.2) is 83.7 Å². The molecule has 5 nitrogen and oxygen atoms in total. The Labute approximate surface area is 280 Å². The van der Waals surface area contributed by atoms with Crippen molar-refractivity contribution in [3.8, 4) is 22.6 Å². The molecule has 0 bridgehead atoms. The van der Waals surface area contributed by atoms with Gasteiger partial charge in [-0.1, -0.05) is 68.6 Å². The Morgan fingerprint density at radius 3 is 2.42 bits per heavy atom. The van der Waals surface area contributed by atoms with Gasteiger partial charge in [-0.2, -0.15) is 0 Å². The first-order valence-corrected chi connectivity index (χ1v) is 16.9. The number of pyridine rings is 2. The zero-order chi connectivity index (χ0) is 37.1. The van der Waals surface area contributed by atoms with E-state index in [1.807, 2.05) is 23.9 Å². The van der Waals surface area contributed by atoms with E-state index in [0.29, 0.717) is 38.9 Å². The van der Waals surface area contributed by atoms with Crippen LogP contribution in [-0.2, 0) is 27.2 Å². The summed E-state index contributed by atoms with van der Waals surface area (Å²) in [4.78, 5) is 13.3. The van der Waals surface area contributed by atoms with Crippen molar-refractivity contribution in [3.63, 3.8) is 0 Å². The van der Waals surface area contributed by atoms with Crippen LogP contribution in [0.25, 0.3) is 55.6 Å². The number of imidazole rings is 1. The minimum Gasteiger partial charge on any atom is -0.501 e. The van der Waals surface area contributed by atoms with Crippen molar-refractivity contribution >= 4 is 46.2 Å². The van der Waals surface area contributed by atoms with Gasteiger partial charge in [-0.25, -0.2) is 0 Å². The molecule has 4 heterocycles. The quantitative estimate of drug-likeness (QED) is 0.134. The molecule has 0 spiro atoms. The number of hydrogen-bond donors (Lipinski definition) is 0. The molecule has 0 saturated heterocycles. The van der Waals surface area contributed by atoms with Crippen LogP contribution in [-0.4, -0.2) is 27.6 Å². The average Bonchev–Trinajstić information content (AvgIpc) is 3.61. The van der Waals surface area contributed by atoms with Gasteiger partial charge in [0.15, 0.2) is 0 Å². The van der Waals surface area contributed by atoms with Crippen LogP contribution >= 0.6 is 0 Å². The van der Waals surface area contributed by atoms with Crippen LogP contribution < -0.4 is 5.19 Å². The standard InChI is InChI=1S/C21H16N3O.C15H18NSi.Ir/c1-12-4-6-14-18(10-12)25-20-15(7-5-13(2)19(14)20)21-23-16-8-9-22-11-17(16)24(21)3;1-12-5-7-13(8-6-12)15-10-9-14(11-16-15)17(2,3)4;/h4-6,8-11H,1-3H3;5-7,9-11H,1-4H3;/q2*-1;/i1D3,2D3;1D3;. The van der Waals surface area contributed by atoms with E-state index in [4.69, 9.17) is 16.8 Å². The van der Waals surface area contributed by atoms with E-state index in [1.54, 1.807) is 36.7 Å². The van der Waals surface area contributed by atoms with Gasteiger partial charge in [0.1, 0.15) is 5.58 Å². The van der Waals surface area contributed by atoms with E-state index in [9.17, 15) is 0 Å². The molecule has 7 aromatic rings. The number of rotatable bonds is 3. The number of furan rings is 1. The summed E-state index contributed by atoms with van der Waals surface area (Å²) in [6, 6.07) is 22.8. The van der Waals surface area contributed by atoms with Gasteiger partial charge in [-0.3, -0.25) is 9.97 Å². The third kappa shape index (κ3) is 5.98. The summed E-state index contributed by atoms with van der Waals surface area (Å²) in [5.41, 5.74) is 4.79. The van der Waals surface area contributed by atoms with Crippen LogP contribution in [0.5, 0.6) is 0 Å². The van der Waals surface area contributed by atoms with E-state index in [0.717, 1.165) is 22.3 Å². The topological polar surface area (TPSA) is 56.7 Å². The smallest absolute Gasteiger partial charge is 0.121 e. The Bertz CT molecular complexity index is 2320. The van der Waals surface area contributed by atoms with E-state index in [1.165, 1.54) is 29.5 Å². The number of benzene rings is 3. The van der Waals surface area contributed by atoms with E-state index in [2.05, 4.69) is 52.8 Å². The summed E-state index contributed by atoms with van der Waals surface area (Å²) in [6.07, 6.45) is 5.27. The van der Waals surface area contributed by atoms with Crippen molar-refractivity contribution in [2.75, 3.05) is 0 Å². The van der Waals surface area contributed by atoms with Gasteiger partial charge in [-0.05, 0) is 35.4 Å². The third-order valence-corrected chi connectivity index (χ3v) is 9.20. The molecule has 0 unspecified atom stereocenters. The second-order valence-corrected chi connectivity index (χ2v) is 16.2. The maximum absolute atomic E-state index is 7.97. The molecule has 0 N–H and O–H groups in total. The Balaban J connectivity index is 0.000000217. The second kappa shape index (κ2) is 12.0. The predicted molar refractivity (Wildman–Crippen MR) is 176 cm³/mol. The summed E-state index contributed by atoms with van der Waals surface area (Å²) < 4.78 is 76.8. The van der Waals surface area contributed by atoms with Crippen molar-refractivity contribution in [1.29, 1.82) is 0 Å². The van der Waals surface area contributed by atoms with Crippen molar-refractivity contribution in [2.45, 2.75) is 40.2 Å². The Kier molecular flexibility index (Phi) is 5.83. The van der Waals surface area contributed by atoms with Crippen molar-refractivity contribution in [3.05, 3.63) is 108 Å². The Morgan fingerprint density at radius 1 is 0.907 bits per heavy atom. The molecule has 1 radical (unpaired) electrons. The van der Waals surface area contributed by atoms with Gasteiger partial charge < -0.3 is 14.0 Å². The Hall–Kier alpha value is -3.90. The molecule has 0 aliphatic heterocycles. The number of aryl methyl sites for hydroxylation is 4. The summed E-state index contributed by atoms with van der Waals surface area (Å²) in [5.74, 6) is 0.542. The molecule has 7 rings (SSSR count). The molecule has 0 saturated carbocycles. The summed E-state index contributed by atoms with van der Waals surface area (Å²) in [6.45, 7) is 0.0510. The van der Waals surface area contributed by atoms with Crippen LogP contribution in [0, 0.1) is 32.7 Å². The first kappa shape index (κ1) is 20.9. The van der Waals surface area contributed by atoms with Gasteiger partial charge in [0.2, 0.25) is 0 Å². The fourth-order valence-electron chi connectivity index (χ4n) is 4.83. The summed E-state index contributed by atoms with van der Waals surface area (Å²) >= 11 is 0. The molecule has 0 fully saturated rings. The summed E-state index contributed by atoms with van der Waals surface area (Å²) in [7, 11) is 0.494. The molecule has 219 valence electrons. The zero-order valence-electron chi connectivity index (χ0n) is 33.0. The SMILES string of the molecule is [2H]C([2H])([2H])c1c[c-]c(-c2ccc([Si](C)(C)C)cn2)cc1.[2H]C([2H])([2H])c1ccc2c(c1)oc1c(-c3nc4ccncc4n3C)[c-]cc(C([2H])([2H])[2H])c12.[Ir]. The first-order chi connectivity index (χ1) is 23.7. The van der Waals surface area contributed by atoms with E-state index < -0.39 is 28.6 Å². The maximum atomic E-state index is 7.97. The molecule has 0 atom stereocenters. The first-order valence-electron chi connectivity index (χ1n) is 17.9. The minimum atomic E-state index is -2.40. The normalized spacial score (nSPS) is 15.4. The minimum absolute atomic E-state index is 0. The van der Waals surface area contributed by atoms with Gasteiger partial charge in [0.05, 0.1) is 36.7 Å². The maximum Gasteiger partial charge on any atom is 0.121 e. The van der Waals surface area contributed by atoms with Gasteiger partial charge in [-0.15, -0.1) is 53.1 Å². The molecule has 0 aliphatic carbocycles. The van der Waals surface area contributed by atoms with Crippen LogP contribution in [0.1, 0.15) is 29.0 Å². The number of hydrogen-bond acceptors (Lipinski definition) is 4. The number of aromatic nitrogens is 4. The molecular weight excluding hydrogens is 725 g/mol. The number of nitrogens with zero attached hydrogens (tertiary/aromatic N) is 4. The van der Waals surface area contributed by atoms with Crippen molar-refractivity contribution in [2.24, 2.45) is 7.05 Å². The van der Waals surface area contributed by atoms with Crippen molar-refractivity contribution in [1.82, 2.24) is 19.5 Å². The predicted octanol–water partition coefficient (Wildman–Crippen LogP) is 8.35. The van der Waals surface area contributed by atoms with E-state index in [-0.39, 0.29) is 31.2 Å². The van der Waals surface area contributed by atoms with Gasteiger partial charge in [0, 0.05) is 57.3 Å². The van der Waals surface area contributed by atoms with Gasteiger partial charge >= 0.3 is 0 Å². The number of fused-ring (bicyclic) bond motifs is 4. The second-order valence-electron chi connectivity index (χ2n) is 11.1. The van der Waals surface area contributed by atoms with Crippen molar-refractivity contribution < 1.29 is 36.9 Å². The fraction of sp³-hybridized carbons (Fsp3) is 0.194. The molecule has 0 aliphatic rings. The zero-order valence-corrected chi connectivity index (χ0v) is 27.4. The van der Waals surface area contributed by atoms with Gasteiger partial charge in [0.25, 0.3) is 0 Å². The van der Waals surface area contributed by atoms with Crippen LogP contribution in [0.2, 0.25) is 19.6 Å². The molecular formula is C36H34IrN4OSi-2. The van der Waals surface area contributed by atoms with E-state index >= 15 is 0 Å². The molecule has 7 heteroatoms. The van der Waals surface area contributed by atoms with Crippen LogP contribution in [0.4, 0.5) is 0 Å². The average molecular weight is 768 g/mol.